The highest BCUT2D eigenvalue weighted by Crippen LogP contribution is 2.37. The number of benzene rings is 4. The second kappa shape index (κ2) is 11.8. The van der Waals surface area contributed by atoms with Gasteiger partial charge in [0, 0.05) is 44.6 Å². The molecule has 7 N–H and O–H groups in total. The number of rotatable bonds is 0. The van der Waals surface area contributed by atoms with E-state index in [0.717, 1.165) is 5.39 Å². The fourth-order valence-corrected chi connectivity index (χ4v) is 2.72. The topological polar surface area (TPSA) is 219 Å². The number of phenolic OH excluding ortho intramolecular Hbond substituents is 1. The van der Waals surface area contributed by atoms with Crippen molar-refractivity contribution in [2.45, 2.75) is 0 Å². The Labute approximate surface area is 173 Å². The van der Waals surface area contributed by atoms with Crippen LogP contribution in [0.25, 0.3) is 32.3 Å². The summed E-state index contributed by atoms with van der Waals surface area (Å²) in [6, 6.07) is 18.4. The van der Waals surface area contributed by atoms with Crippen LogP contribution in [0.2, 0.25) is 0 Å². The molecule has 3 atom stereocenters. The Balaban J connectivity index is 0.000000294. The Morgan fingerprint density at radius 1 is 0.621 bits per heavy atom. The maximum atomic E-state index is 9.95. The van der Waals surface area contributed by atoms with Crippen LogP contribution in [-0.4, -0.2) is 31.4 Å². The first-order valence-corrected chi connectivity index (χ1v) is 10.8. The van der Waals surface area contributed by atoms with Gasteiger partial charge in [-0.05, 0) is 27.6 Å². The predicted molar refractivity (Wildman–Crippen MR) is 111 cm³/mol. The molecule has 0 aliphatic carbocycles. The predicted octanol–water partition coefficient (Wildman–Crippen LogP) is 0.507. The molecule has 0 aromatic heterocycles. The van der Waals surface area contributed by atoms with Crippen molar-refractivity contribution >= 4 is 66.1 Å². The minimum Gasteiger partial charge on any atom is -0.760 e. The molecule has 4 rings (SSSR count). The average Bonchev–Trinajstić information content (AvgIpc) is 2.60. The minimum atomic E-state index is -2.36. The van der Waals surface area contributed by atoms with Gasteiger partial charge in [0.05, 0.1) is 0 Å². The van der Waals surface area contributed by atoms with Gasteiger partial charge >= 0.3 is 0 Å². The van der Waals surface area contributed by atoms with E-state index in [0.29, 0.717) is 5.75 Å². The Morgan fingerprint density at radius 2 is 0.966 bits per heavy atom. The molecule has 0 bridgehead atoms. The molecule has 0 fully saturated rings. The van der Waals surface area contributed by atoms with E-state index in [1.807, 2.05) is 12.1 Å². The molecule has 0 aliphatic rings. The molecular weight excluding hydrogens is 442 g/mol. The Morgan fingerprint density at radius 3 is 1.41 bits per heavy atom. The Hall–Kier alpha value is -2.07. The lowest BCUT2D eigenvalue weighted by molar-refractivity contribution is 0.482. The third-order valence-corrected chi connectivity index (χ3v) is 3.51. The van der Waals surface area contributed by atoms with Gasteiger partial charge in [0.25, 0.3) is 0 Å². The lowest BCUT2D eigenvalue weighted by Gasteiger charge is -2.11. The molecule has 0 amide bonds. The van der Waals surface area contributed by atoms with Crippen LogP contribution in [0.15, 0.2) is 54.6 Å². The third-order valence-electron chi connectivity index (χ3n) is 3.51. The molecule has 10 nitrogen and oxygen atoms in total. The zero-order valence-electron chi connectivity index (χ0n) is 14.5. The molecule has 0 spiro atoms. The van der Waals surface area contributed by atoms with Crippen LogP contribution in [0, 0.1) is 0 Å². The maximum absolute atomic E-state index is 9.95. The number of aromatic hydroxyl groups is 1. The second-order valence-corrected chi connectivity index (χ2v) is 6.79. The standard InChI is InChI=1S/C16H10O.3H3NO2S/c17-14-9-7-12-5-4-10-2-1-3-11-6-8-13(14)16(12)15(10)11;3*1-4(2)3/h1-9,17H;3*1H2,(H,2,3)/p-3. The van der Waals surface area contributed by atoms with E-state index in [1.165, 1.54) is 26.9 Å². The van der Waals surface area contributed by atoms with Crippen LogP contribution in [-0.2, 0) is 33.8 Å². The zero-order valence-corrected chi connectivity index (χ0v) is 17.0. The van der Waals surface area contributed by atoms with Crippen LogP contribution in [0.3, 0.4) is 0 Å². The highest BCUT2D eigenvalue weighted by Gasteiger charge is 2.09. The third kappa shape index (κ3) is 8.06. The highest BCUT2D eigenvalue weighted by atomic mass is 32.2. The van der Waals surface area contributed by atoms with Crippen molar-refractivity contribution < 1.29 is 31.4 Å². The van der Waals surface area contributed by atoms with E-state index in [4.69, 9.17) is 26.3 Å². The largest absolute Gasteiger partial charge is 0.760 e. The van der Waals surface area contributed by atoms with Gasteiger partial charge in [0.2, 0.25) is 0 Å². The van der Waals surface area contributed by atoms with Crippen LogP contribution >= 0.6 is 0 Å². The summed E-state index contributed by atoms with van der Waals surface area (Å²) in [4.78, 5) is 0. The van der Waals surface area contributed by atoms with E-state index in [2.05, 4.69) is 51.8 Å². The van der Waals surface area contributed by atoms with Crippen molar-refractivity contribution in [3.8, 4) is 5.75 Å². The van der Waals surface area contributed by atoms with E-state index in [-0.39, 0.29) is 0 Å². The van der Waals surface area contributed by atoms with E-state index in [1.54, 1.807) is 6.07 Å². The smallest absolute Gasteiger partial charge is 0.123 e. The van der Waals surface area contributed by atoms with Crippen molar-refractivity contribution in [3.63, 3.8) is 0 Å². The normalized spacial score (nSPS) is 13.3. The summed E-state index contributed by atoms with van der Waals surface area (Å²) in [5.41, 5.74) is 0. The summed E-state index contributed by atoms with van der Waals surface area (Å²) in [5, 5.41) is 29.0. The molecule has 0 saturated heterocycles. The van der Waals surface area contributed by atoms with Gasteiger partial charge < -0.3 is 18.8 Å². The van der Waals surface area contributed by atoms with Crippen molar-refractivity contribution in [1.29, 1.82) is 0 Å². The van der Waals surface area contributed by atoms with Crippen LogP contribution in [0.1, 0.15) is 0 Å². The summed E-state index contributed by atoms with van der Waals surface area (Å²) >= 11 is -7.08. The lowest BCUT2D eigenvalue weighted by atomic mass is 9.94. The van der Waals surface area contributed by atoms with Crippen LogP contribution < -0.4 is 15.4 Å². The summed E-state index contributed by atoms with van der Waals surface area (Å²) in [5.74, 6) is 0.357. The highest BCUT2D eigenvalue weighted by molar-refractivity contribution is 7.77. The minimum absolute atomic E-state index is 0.357. The van der Waals surface area contributed by atoms with Crippen molar-refractivity contribution in [2.24, 2.45) is 15.4 Å². The summed E-state index contributed by atoms with van der Waals surface area (Å²) in [7, 11) is 0. The summed E-state index contributed by atoms with van der Waals surface area (Å²) in [6.07, 6.45) is 0. The van der Waals surface area contributed by atoms with Gasteiger partial charge in [-0.3, -0.25) is 28.0 Å². The molecular formula is C16H16N3O7S3-3. The average molecular weight is 459 g/mol. The molecule has 13 heteroatoms. The molecule has 3 unspecified atom stereocenters. The number of nitrogens with two attached hydrogens (primary N) is 3. The van der Waals surface area contributed by atoms with Gasteiger partial charge in [-0.15, -0.1) is 0 Å². The van der Waals surface area contributed by atoms with Gasteiger partial charge in [-0.2, -0.15) is 0 Å². The van der Waals surface area contributed by atoms with Crippen molar-refractivity contribution in [3.05, 3.63) is 54.6 Å². The lowest BCUT2D eigenvalue weighted by Crippen LogP contribution is -1.97. The number of hydrogen-bond acceptors (Lipinski definition) is 7. The molecule has 0 heterocycles. The van der Waals surface area contributed by atoms with Gasteiger partial charge in [-0.25, -0.2) is 0 Å². The first-order valence-electron chi connectivity index (χ1n) is 7.41. The van der Waals surface area contributed by atoms with Crippen molar-refractivity contribution in [2.75, 3.05) is 0 Å². The van der Waals surface area contributed by atoms with Gasteiger partial charge in [-0.1, -0.05) is 48.5 Å². The summed E-state index contributed by atoms with van der Waals surface area (Å²) in [6.45, 7) is 0. The van der Waals surface area contributed by atoms with Crippen LogP contribution in [0.4, 0.5) is 0 Å². The maximum Gasteiger partial charge on any atom is 0.123 e. The first-order chi connectivity index (χ1) is 13.5. The van der Waals surface area contributed by atoms with E-state index >= 15 is 0 Å². The second-order valence-electron chi connectivity index (χ2n) is 5.22. The molecule has 4 aromatic carbocycles. The zero-order chi connectivity index (χ0) is 22.1. The van der Waals surface area contributed by atoms with Gasteiger partial charge in [0.15, 0.2) is 0 Å². The van der Waals surface area contributed by atoms with Gasteiger partial charge in [0.1, 0.15) is 5.75 Å². The van der Waals surface area contributed by atoms with E-state index < -0.39 is 33.8 Å². The molecule has 0 aliphatic heterocycles. The monoisotopic (exact) mass is 458 g/mol. The molecule has 29 heavy (non-hydrogen) atoms. The molecule has 0 radical (unpaired) electrons. The molecule has 158 valence electrons. The van der Waals surface area contributed by atoms with E-state index in [9.17, 15) is 5.11 Å². The first kappa shape index (κ1) is 25.0. The molecule has 0 saturated carbocycles. The molecule has 4 aromatic rings. The Bertz CT molecular complexity index is 1100. The van der Waals surface area contributed by atoms with Crippen molar-refractivity contribution in [1.82, 2.24) is 0 Å². The van der Waals surface area contributed by atoms with Crippen LogP contribution in [0.5, 0.6) is 5.75 Å². The SMILES string of the molecule is NS(=O)[O-].NS(=O)[O-].NS(=O)[O-].Oc1ccc2ccc3cccc4ccc1c2c34. The Kier molecular flexibility index (Phi) is 10.2. The number of hydrogen-bond donors (Lipinski definition) is 4. The summed E-state index contributed by atoms with van der Waals surface area (Å²) < 4.78 is 52.7. The quantitative estimate of drug-likeness (QED) is 0.216. The fraction of sp³-hybridized carbons (Fsp3) is 0. The fourth-order valence-electron chi connectivity index (χ4n) is 2.72. The number of phenols is 1.